The van der Waals surface area contributed by atoms with Gasteiger partial charge in [0.25, 0.3) is 0 Å². The van der Waals surface area contributed by atoms with Crippen LogP contribution in [0.15, 0.2) is 0 Å². The van der Waals surface area contributed by atoms with Crippen molar-refractivity contribution in [1.29, 1.82) is 0 Å². The van der Waals surface area contributed by atoms with Gasteiger partial charge < -0.3 is 14.6 Å². The second kappa shape index (κ2) is 5.08. The van der Waals surface area contributed by atoms with Gasteiger partial charge in [-0.3, -0.25) is 4.90 Å². The maximum Gasteiger partial charge on any atom is 0.0951 e. The summed E-state index contributed by atoms with van der Waals surface area (Å²) in [5.74, 6) is 0.619. The third kappa shape index (κ3) is 2.20. The highest BCUT2D eigenvalue weighted by molar-refractivity contribution is 4.97. The Hall–Kier alpha value is -0.160. The number of aliphatic hydroxyl groups is 1. The van der Waals surface area contributed by atoms with E-state index in [4.69, 9.17) is 9.47 Å². The summed E-state index contributed by atoms with van der Waals surface area (Å²) in [5.41, 5.74) is -0.0191. The van der Waals surface area contributed by atoms with E-state index in [-0.39, 0.29) is 5.60 Å². The van der Waals surface area contributed by atoms with Crippen LogP contribution in [-0.2, 0) is 9.47 Å². The van der Waals surface area contributed by atoms with Crippen LogP contribution in [0.5, 0.6) is 0 Å². The first-order valence-electron chi connectivity index (χ1n) is 7.32. The highest BCUT2D eigenvalue weighted by atomic mass is 16.6. The normalized spacial score (nSPS) is 46.0. The van der Waals surface area contributed by atoms with E-state index in [2.05, 4.69) is 11.8 Å². The molecule has 18 heavy (non-hydrogen) atoms. The summed E-state index contributed by atoms with van der Waals surface area (Å²) in [4.78, 5) is 2.53. The van der Waals surface area contributed by atoms with Gasteiger partial charge in [0.1, 0.15) is 0 Å². The molecule has 0 radical (unpaired) electrons. The lowest BCUT2D eigenvalue weighted by atomic mass is 9.88. The quantitative estimate of drug-likeness (QED) is 0.800. The number of aliphatic hydroxyl groups excluding tert-OH is 1. The van der Waals surface area contributed by atoms with Crippen molar-refractivity contribution in [2.24, 2.45) is 5.92 Å². The monoisotopic (exact) mass is 255 g/mol. The summed E-state index contributed by atoms with van der Waals surface area (Å²) in [7, 11) is 0. The fraction of sp³-hybridized carbons (Fsp3) is 1.00. The van der Waals surface area contributed by atoms with Gasteiger partial charge >= 0.3 is 0 Å². The average molecular weight is 255 g/mol. The summed E-state index contributed by atoms with van der Waals surface area (Å²) in [5, 5.41) is 9.60. The van der Waals surface area contributed by atoms with E-state index in [0.717, 1.165) is 45.6 Å². The van der Waals surface area contributed by atoms with E-state index in [9.17, 15) is 5.11 Å². The van der Waals surface area contributed by atoms with Crippen molar-refractivity contribution in [3.05, 3.63) is 0 Å². The molecule has 0 aromatic heterocycles. The van der Waals surface area contributed by atoms with Crippen LogP contribution in [0.4, 0.5) is 0 Å². The fourth-order valence-corrected chi connectivity index (χ4v) is 3.92. The summed E-state index contributed by atoms with van der Waals surface area (Å²) in [6, 6.07) is 0.926. The van der Waals surface area contributed by atoms with Crippen molar-refractivity contribution in [3.8, 4) is 0 Å². The van der Waals surface area contributed by atoms with Gasteiger partial charge in [-0.25, -0.2) is 0 Å². The minimum atomic E-state index is -0.0191. The van der Waals surface area contributed by atoms with Gasteiger partial charge in [-0.1, -0.05) is 6.92 Å². The Kier molecular flexibility index (Phi) is 3.63. The van der Waals surface area contributed by atoms with E-state index in [1.54, 1.807) is 0 Å². The lowest BCUT2D eigenvalue weighted by Gasteiger charge is -2.43. The highest BCUT2D eigenvalue weighted by Gasteiger charge is 2.45. The molecule has 3 aliphatic rings. The van der Waals surface area contributed by atoms with E-state index >= 15 is 0 Å². The van der Waals surface area contributed by atoms with Crippen molar-refractivity contribution in [2.75, 3.05) is 33.0 Å². The molecule has 0 amide bonds. The molecule has 3 rings (SSSR count). The molecule has 1 N–H and O–H groups in total. The second-order valence-electron chi connectivity index (χ2n) is 6.23. The number of likely N-dealkylation sites (tertiary alicyclic amines) is 1. The predicted molar refractivity (Wildman–Crippen MR) is 68.5 cm³/mol. The first-order chi connectivity index (χ1) is 8.74. The van der Waals surface area contributed by atoms with E-state index in [1.165, 1.54) is 6.42 Å². The molecule has 0 aromatic rings. The lowest BCUT2D eigenvalue weighted by molar-refractivity contribution is -0.110. The molecule has 1 spiro atoms. The maximum absolute atomic E-state index is 9.60. The molecule has 4 atom stereocenters. The van der Waals surface area contributed by atoms with Gasteiger partial charge in [-0.2, -0.15) is 0 Å². The molecule has 3 fully saturated rings. The Morgan fingerprint density at radius 1 is 1.33 bits per heavy atom. The molecule has 3 heterocycles. The van der Waals surface area contributed by atoms with Gasteiger partial charge in [0.05, 0.1) is 18.8 Å². The first-order valence-corrected chi connectivity index (χ1v) is 7.32. The maximum atomic E-state index is 9.60. The first kappa shape index (κ1) is 12.9. The summed E-state index contributed by atoms with van der Waals surface area (Å²) in [6.45, 7) is 6.13. The Morgan fingerprint density at radius 2 is 2.22 bits per heavy atom. The van der Waals surface area contributed by atoms with Gasteiger partial charge in [-0.15, -0.1) is 0 Å². The van der Waals surface area contributed by atoms with Crippen LogP contribution < -0.4 is 0 Å². The third-order valence-electron chi connectivity index (χ3n) is 5.12. The Balaban J connectivity index is 1.68. The summed E-state index contributed by atoms with van der Waals surface area (Å²) < 4.78 is 11.5. The van der Waals surface area contributed by atoms with E-state index < -0.39 is 0 Å². The van der Waals surface area contributed by atoms with Crippen LogP contribution in [0.3, 0.4) is 0 Å². The van der Waals surface area contributed by atoms with Crippen molar-refractivity contribution >= 4 is 0 Å². The number of ether oxygens (including phenoxy) is 2. The van der Waals surface area contributed by atoms with Crippen molar-refractivity contribution in [1.82, 2.24) is 4.90 Å². The SMILES string of the molecule is CC1CCN(C2CCOC3(CCOC3)C2)C1CO. The molecule has 104 valence electrons. The molecular formula is C14H25NO3. The molecule has 4 heteroatoms. The Bertz CT molecular complexity index is 291. The van der Waals surface area contributed by atoms with Gasteiger partial charge in [0.15, 0.2) is 0 Å². The van der Waals surface area contributed by atoms with Crippen LogP contribution in [-0.4, -0.2) is 60.7 Å². The zero-order chi connectivity index (χ0) is 12.6. The molecule has 0 aromatic carbocycles. The van der Waals surface area contributed by atoms with Crippen LogP contribution >= 0.6 is 0 Å². The number of nitrogens with zero attached hydrogens (tertiary/aromatic N) is 1. The van der Waals surface area contributed by atoms with Crippen LogP contribution in [0, 0.1) is 5.92 Å². The molecule has 0 bridgehead atoms. The average Bonchev–Trinajstić information content (AvgIpc) is 2.96. The zero-order valence-corrected chi connectivity index (χ0v) is 11.3. The van der Waals surface area contributed by atoms with E-state index in [1.807, 2.05) is 0 Å². The molecule has 4 nitrogen and oxygen atoms in total. The van der Waals surface area contributed by atoms with Crippen LogP contribution in [0.1, 0.15) is 32.6 Å². The molecular weight excluding hydrogens is 230 g/mol. The Morgan fingerprint density at radius 3 is 2.94 bits per heavy atom. The lowest BCUT2D eigenvalue weighted by Crippen LogP contribution is -2.51. The third-order valence-corrected chi connectivity index (χ3v) is 5.12. The highest BCUT2D eigenvalue weighted by Crippen LogP contribution is 2.37. The van der Waals surface area contributed by atoms with E-state index in [0.29, 0.717) is 24.6 Å². The minimum absolute atomic E-state index is 0.0191. The Labute approximate surface area is 109 Å². The predicted octanol–water partition coefficient (Wildman–Crippen LogP) is 1.03. The van der Waals surface area contributed by atoms with Crippen LogP contribution in [0.2, 0.25) is 0 Å². The van der Waals surface area contributed by atoms with Crippen molar-refractivity contribution < 1.29 is 14.6 Å². The molecule has 4 unspecified atom stereocenters. The number of hydrogen-bond acceptors (Lipinski definition) is 4. The fourth-order valence-electron chi connectivity index (χ4n) is 3.92. The molecule has 0 saturated carbocycles. The van der Waals surface area contributed by atoms with Crippen molar-refractivity contribution in [2.45, 2.75) is 50.3 Å². The smallest absolute Gasteiger partial charge is 0.0951 e. The van der Waals surface area contributed by atoms with Crippen molar-refractivity contribution in [3.63, 3.8) is 0 Å². The van der Waals surface area contributed by atoms with Gasteiger partial charge in [-0.05, 0) is 31.7 Å². The topological polar surface area (TPSA) is 41.9 Å². The minimum Gasteiger partial charge on any atom is -0.395 e. The molecule has 3 aliphatic heterocycles. The van der Waals surface area contributed by atoms with Gasteiger partial charge in [0, 0.05) is 31.7 Å². The summed E-state index contributed by atoms with van der Waals surface area (Å²) >= 11 is 0. The second-order valence-corrected chi connectivity index (χ2v) is 6.23. The molecule has 0 aliphatic carbocycles. The number of hydrogen-bond donors (Lipinski definition) is 1. The van der Waals surface area contributed by atoms with Crippen LogP contribution in [0.25, 0.3) is 0 Å². The molecule has 3 saturated heterocycles. The largest absolute Gasteiger partial charge is 0.395 e. The zero-order valence-electron chi connectivity index (χ0n) is 11.3. The standard InChI is InChI=1S/C14H25NO3/c1-11-2-5-15(13(11)9-16)12-3-6-18-14(8-12)4-7-17-10-14/h11-13,16H,2-10H2,1H3. The van der Waals surface area contributed by atoms with Gasteiger partial charge in [0.2, 0.25) is 0 Å². The number of rotatable bonds is 2. The summed E-state index contributed by atoms with van der Waals surface area (Å²) in [6.07, 6.45) is 4.43.